The number of para-hydroxylation sites is 2. The fourth-order valence-corrected chi connectivity index (χ4v) is 4.62. The number of amides is 1. The Bertz CT molecular complexity index is 1330. The molecule has 1 N–H and O–H groups in total. The monoisotopic (exact) mass is 463 g/mol. The van der Waals surface area contributed by atoms with Crippen molar-refractivity contribution in [2.75, 3.05) is 11.1 Å². The molecule has 1 amide bonds. The van der Waals surface area contributed by atoms with Crippen LogP contribution in [0.2, 0.25) is 0 Å². The molecule has 0 unspecified atom stereocenters. The van der Waals surface area contributed by atoms with Crippen molar-refractivity contribution in [3.05, 3.63) is 88.5 Å². The van der Waals surface area contributed by atoms with Crippen molar-refractivity contribution < 1.29 is 9.53 Å². The third-order valence-electron chi connectivity index (χ3n) is 4.58. The van der Waals surface area contributed by atoms with Gasteiger partial charge in [-0.3, -0.25) is 14.2 Å². The lowest BCUT2D eigenvalue weighted by molar-refractivity contribution is -0.113. The number of ether oxygens (including phenoxy) is 1. The largest absolute Gasteiger partial charge is 0.455 e. The van der Waals surface area contributed by atoms with Crippen molar-refractivity contribution in [2.24, 2.45) is 0 Å². The standard InChI is InChI=1S/C24H21N3O3S2/c1-3-13-27-23(29)22-19(12-14-31-22)26-24(27)32-15-21(28)25-18-6-4-5-7-20(18)30-17-10-8-16(2)9-11-17/h3-12,14H,1,13,15H2,2H3,(H,25,28). The average Bonchev–Trinajstić information content (AvgIpc) is 3.26. The molecule has 0 atom stereocenters. The van der Waals surface area contributed by atoms with E-state index in [0.717, 1.165) is 5.56 Å². The number of carbonyl (C=O) groups excluding carboxylic acids is 1. The number of hydrogen-bond acceptors (Lipinski definition) is 6. The highest BCUT2D eigenvalue weighted by atomic mass is 32.2. The van der Waals surface area contributed by atoms with Crippen LogP contribution in [0.1, 0.15) is 5.56 Å². The topological polar surface area (TPSA) is 73.2 Å². The molecule has 2 aromatic carbocycles. The van der Waals surface area contributed by atoms with E-state index in [1.165, 1.54) is 27.7 Å². The molecule has 8 heteroatoms. The van der Waals surface area contributed by atoms with E-state index in [2.05, 4.69) is 16.9 Å². The number of nitrogens with one attached hydrogen (secondary N) is 1. The number of fused-ring (bicyclic) bond motifs is 1. The molecule has 0 radical (unpaired) electrons. The summed E-state index contributed by atoms with van der Waals surface area (Å²) in [4.78, 5) is 30.0. The number of anilines is 1. The lowest BCUT2D eigenvalue weighted by Gasteiger charge is -2.13. The Morgan fingerprint density at radius 1 is 1.22 bits per heavy atom. The van der Waals surface area contributed by atoms with Crippen molar-refractivity contribution in [1.82, 2.24) is 9.55 Å². The summed E-state index contributed by atoms with van der Waals surface area (Å²) in [7, 11) is 0. The van der Waals surface area contributed by atoms with Gasteiger partial charge in [0, 0.05) is 6.54 Å². The molecule has 2 aromatic heterocycles. The highest BCUT2D eigenvalue weighted by molar-refractivity contribution is 7.99. The van der Waals surface area contributed by atoms with Crippen LogP contribution in [-0.2, 0) is 11.3 Å². The van der Waals surface area contributed by atoms with Crippen LogP contribution in [0.3, 0.4) is 0 Å². The first-order chi connectivity index (χ1) is 15.5. The molecule has 0 aliphatic heterocycles. The van der Waals surface area contributed by atoms with E-state index in [9.17, 15) is 9.59 Å². The van der Waals surface area contributed by atoms with E-state index in [1.807, 2.05) is 54.8 Å². The Balaban J connectivity index is 1.48. The number of carbonyl (C=O) groups is 1. The van der Waals surface area contributed by atoms with Gasteiger partial charge in [-0.15, -0.1) is 17.9 Å². The summed E-state index contributed by atoms with van der Waals surface area (Å²) in [6.45, 7) is 6.06. The number of nitrogens with zero attached hydrogens (tertiary/aromatic N) is 2. The number of allylic oxidation sites excluding steroid dienone is 1. The quantitative estimate of drug-likeness (QED) is 0.213. The molecule has 32 heavy (non-hydrogen) atoms. The van der Waals surface area contributed by atoms with Crippen molar-refractivity contribution in [2.45, 2.75) is 18.6 Å². The van der Waals surface area contributed by atoms with Gasteiger partial charge < -0.3 is 10.1 Å². The van der Waals surface area contributed by atoms with E-state index in [-0.39, 0.29) is 17.2 Å². The molecule has 4 aromatic rings. The molecule has 0 fully saturated rings. The van der Waals surface area contributed by atoms with Crippen LogP contribution < -0.4 is 15.6 Å². The minimum absolute atomic E-state index is 0.0953. The molecular weight excluding hydrogens is 442 g/mol. The average molecular weight is 464 g/mol. The summed E-state index contributed by atoms with van der Waals surface area (Å²) in [5.74, 6) is 1.11. The smallest absolute Gasteiger partial charge is 0.272 e. The molecule has 6 nitrogen and oxygen atoms in total. The van der Waals surface area contributed by atoms with Gasteiger partial charge in [-0.05, 0) is 42.6 Å². The van der Waals surface area contributed by atoms with E-state index in [1.54, 1.807) is 18.2 Å². The van der Waals surface area contributed by atoms with Crippen molar-refractivity contribution in [1.29, 1.82) is 0 Å². The van der Waals surface area contributed by atoms with Crippen LogP contribution in [0.4, 0.5) is 5.69 Å². The van der Waals surface area contributed by atoms with E-state index in [0.29, 0.717) is 39.1 Å². The number of aromatic nitrogens is 2. The van der Waals surface area contributed by atoms with Crippen LogP contribution in [-0.4, -0.2) is 21.2 Å². The molecule has 0 aliphatic rings. The van der Waals surface area contributed by atoms with Crippen LogP contribution >= 0.6 is 23.1 Å². The number of aryl methyl sites for hydroxylation is 1. The first-order valence-corrected chi connectivity index (χ1v) is 11.8. The van der Waals surface area contributed by atoms with E-state index < -0.39 is 0 Å². The minimum Gasteiger partial charge on any atom is -0.455 e. The number of thiophene rings is 1. The van der Waals surface area contributed by atoms with E-state index >= 15 is 0 Å². The number of hydrogen-bond donors (Lipinski definition) is 1. The Morgan fingerprint density at radius 3 is 2.78 bits per heavy atom. The van der Waals surface area contributed by atoms with Crippen LogP contribution in [0.25, 0.3) is 10.2 Å². The summed E-state index contributed by atoms with van der Waals surface area (Å²) in [6.07, 6.45) is 1.64. The lowest BCUT2D eigenvalue weighted by Crippen LogP contribution is -2.23. The van der Waals surface area contributed by atoms with Crippen LogP contribution in [0, 0.1) is 6.92 Å². The fraction of sp³-hybridized carbons (Fsp3) is 0.125. The third kappa shape index (κ3) is 4.92. The van der Waals surface area contributed by atoms with Crippen molar-refractivity contribution in [3.8, 4) is 11.5 Å². The van der Waals surface area contributed by atoms with E-state index in [4.69, 9.17) is 4.74 Å². The van der Waals surface area contributed by atoms with Gasteiger partial charge in [0.05, 0.1) is 17.0 Å². The Hall–Kier alpha value is -3.36. The number of benzene rings is 2. The van der Waals surface area contributed by atoms with Crippen molar-refractivity contribution >= 4 is 44.9 Å². The highest BCUT2D eigenvalue weighted by Gasteiger charge is 2.14. The molecule has 162 valence electrons. The van der Waals surface area contributed by atoms with Gasteiger partial charge in [0.15, 0.2) is 10.9 Å². The number of thioether (sulfide) groups is 1. The zero-order chi connectivity index (χ0) is 22.5. The molecule has 2 heterocycles. The maximum absolute atomic E-state index is 12.7. The predicted molar refractivity (Wildman–Crippen MR) is 131 cm³/mol. The zero-order valence-electron chi connectivity index (χ0n) is 17.4. The third-order valence-corrected chi connectivity index (χ3v) is 6.45. The second-order valence-corrected chi connectivity index (χ2v) is 8.84. The molecule has 4 rings (SSSR count). The van der Waals surface area contributed by atoms with Crippen molar-refractivity contribution in [3.63, 3.8) is 0 Å². The lowest BCUT2D eigenvalue weighted by atomic mass is 10.2. The van der Waals surface area contributed by atoms with Gasteiger partial charge >= 0.3 is 0 Å². The summed E-state index contributed by atoms with van der Waals surface area (Å²) >= 11 is 2.57. The molecule has 0 saturated carbocycles. The first-order valence-electron chi connectivity index (χ1n) is 9.90. The summed E-state index contributed by atoms with van der Waals surface area (Å²) in [6, 6.07) is 16.8. The second-order valence-electron chi connectivity index (χ2n) is 6.98. The molecular formula is C24H21N3O3S2. The zero-order valence-corrected chi connectivity index (χ0v) is 19.0. The summed E-state index contributed by atoms with van der Waals surface area (Å²) in [5.41, 5.74) is 2.23. The van der Waals surface area contributed by atoms with Gasteiger partial charge in [0.1, 0.15) is 10.4 Å². The summed E-state index contributed by atoms with van der Waals surface area (Å²) < 4.78 is 8.08. The maximum Gasteiger partial charge on any atom is 0.272 e. The van der Waals surface area contributed by atoms with Gasteiger partial charge in [-0.2, -0.15) is 0 Å². The SMILES string of the molecule is C=CCn1c(SCC(=O)Nc2ccccc2Oc2ccc(C)cc2)nc2ccsc2c1=O. The first kappa shape index (κ1) is 21.9. The Kier molecular flexibility index (Phi) is 6.72. The fourth-order valence-electron chi connectivity index (χ4n) is 3.03. The molecule has 0 aliphatic carbocycles. The highest BCUT2D eigenvalue weighted by Crippen LogP contribution is 2.30. The molecule has 0 spiro atoms. The maximum atomic E-state index is 12.7. The minimum atomic E-state index is -0.222. The predicted octanol–water partition coefficient (Wildman–Crippen LogP) is 5.48. The number of rotatable bonds is 8. The van der Waals surface area contributed by atoms with Gasteiger partial charge in [-0.1, -0.05) is 47.7 Å². The van der Waals surface area contributed by atoms with Gasteiger partial charge in [0.25, 0.3) is 5.56 Å². The van der Waals surface area contributed by atoms with Gasteiger partial charge in [-0.25, -0.2) is 4.98 Å². The van der Waals surface area contributed by atoms with Crippen LogP contribution in [0.5, 0.6) is 11.5 Å². The molecule has 0 saturated heterocycles. The Morgan fingerprint density at radius 2 is 2.00 bits per heavy atom. The Labute approximate surface area is 193 Å². The molecule has 0 bridgehead atoms. The van der Waals surface area contributed by atoms with Gasteiger partial charge in [0.2, 0.25) is 5.91 Å². The summed E-state index contributed by atoms with van der Waals surface area (Å²) in [5, 5.41) is 5.22. The second kappa shape index (κ2) is 9.84. The van der Waals surface area contributed by atoms with Crippen LogP contribution in [0.15, 0.2) is 82.6 Å². The normalized spacial score (nSPS) is 10.8.